The lowest BCUT2D eigenvalue weighted by Crippen LogP contribution is -2.31. The third-order valence-electron chi connectivity index (χ3n) is 4.56. The van der Waals surface area contributed by atoms with Crippen LogP contribution in [-0.2, 0) is 16.1 Å². The van der Waals surface area contributed by atoms with Gasteiger partial charge in [0.15, 0.2) is 6.61 Å². The molecule has 150 valence electrons. The Bertz CT molecular complexity index is 1030. The average Bonchev–Trinajstić information content (AvgIpc) is 3.00. The zero-order chi connectivity index (χ0) is 21.0. The Morgan fingerprint density at radius 1 is 1.10 bits per heavy atom. The van der Waals surface area contributed by atoms with Gasteiger partial charge in [0.1, 0.15) is 5.56 Å². The van der Waals surface area contributed by atoms with Gasteiger partial charge in [0, 0.05) is 18.6 Å². The molecule has 0 aliphatic heterocycles. The number of benzene rings is 2. The third kappa shape index (κ3) is 4.84. The van der Waals surface area contributed by atoms with Crippen molar-refractivity contribution in [2.24, 2.45) is 0 Å². The Balaban J connectivity index is 1.65. The Morgan fingerprint density at radius 3 is 2.52 bits per heavy atom. The fourth-order valence-electron chi connectivity index (χ4n) is 3.07. The Kier molecular flexibility index (Phi) is 6.34. The number of carbonyl (C=O) groups is 2. The highest BCUT2D eigenvalue weighted by atomic mass is 35.5. The summed E-state index contributed by atoms with van der Waals surface area (Å²) in [6, 6.07) is 16.8. The number of ether oxygens (including phenoxy) is 1. The summed E-state index contributed by atoms with van der Waals surface area (Å²) < 4.78 is 6.97. The molecule has 0 unspecified atom stereocenters. The molecule has 0 spiro atoms. The van der Waals surface area contributed by atoms with Gasteiger partial charge in [-0.15, -0.1) is 0 Å². The fourth-order valence-corrected chi connectivity index (χ4v) is 3.28. The number of carbonyl (C=O) groups excluding carboxylic acids is 2. The number of esters is 1. The summed E-state index contributed by atoms with van der Waals surface area (Å²) in [6.07, 6.45) is 0. The summed E-state index contributed by atoms with van der Waals surface area (Å²) in [6.45, 7) is 3.58. The highest BCUT2D eigenvalue weighted by Crippen LogP contribution is 2.19. The van der Waals surface area contributed by atoms with Crippen LogP contribution in [0.2, 0.25) is 5.02 Å². The number of rotatable bonds is 6. The van der Waals surface area contributed by atoms with E-state index < -0.39 is 5.97 Å². The van der Waals surface area contributed by atoms with E-state index in [-0.39, 0.29) is 12.5 Å². The van der Waals surface area contributed by atoms with E-state index in [4.69, 9.17) is 16.3 Å². The van der Waals surface area contributed by atoms with E-state index in [1.54, 1.807) is 37.7 Å². The molecule has 3 aromatic rings. The van der Waals surface area contributed by atoms with Gasteiger partial charge in [-0.05, 0) is 43.7 Å². The van der Waals surface area contributed by atoms with Crippen molar-refractivity contribution in [1.29, 1.82) is 0 Å². The van der Waals surface area contributed by atoms with Crippen LogP contribution in [0, 0.1) is 13.8 Å². The second-order valence-corrected chi connectivity index (χ2v) is 7.19. The molecule has 0 bridgehead atoms. The SMILES string of the molecule is Cc1nn(-c2ccccc2)c(C)c1C(=O)OCC(=O)N(C)Cc1cccc(Cl)c1. The molecule has 0 N–H and O–H groups in total. The number of likely N-dealkylation sites (N-methyl/N-ethyl adjacent to an activating group) is 1. The molecule has 0 fully saturated rings. The van der Waals surface area contributed by atoms with Crippen molar-refractivity contribution < 1.29 is 14.3 Å². The highest BCUT2D eigenvalue weighted by Gasteiger charge is 2.22. The first-order valence-electron chi connectivity index (χ1n) is 9.14. The van der Waals surface area contributed by atoms with Crippen LogP contribution in [0.15, 0.2) is 54.6 Å². The molecule has 0 atom stereocenters. The van der Waals surface area contributed by atoms with Gasteiger partial charge in [-0.2, -0.15) is 5.10 Å². The molecule has 0 aliphatic rings. The lowest BCUT2D eigenvalue weighted by atomic mass is 10.2. The van der Waals surface area contributed by atoms with Gasteiger partial charge < -0.3 is 9.64 Å². The van der Waals surface area contributed by atoms with Gasteiger partial charge in [-0.25, -0.2) is 9.48 Å². The minimum atomic E-state index is -0.563. The van der Waals surface area contributed by atoms with Gasteiger partial charge in [0.2, 0.25) is 0 Å². The number of para-hydroxylation sites is 1. The molecule has 29 heavy (non-hydrogen) atoms. The standard InChI is InChI=1S/C22H22ClN3O3/c1-15-21(16(2)26(24-15)19-10-5-4-6-11-19)22(28)29-14-20(27)25(3)13-17-8-7-9-18(23)12-17/h4-12H,13-14H2,1-3H3. The lowest BCUT2D eigenvalue weighted by molar-refractivity contribution is -0.133. The predicted molar refractivity (Wildman–Crippen MR) is 111 cm³/mol. The minimum absolute atomic E-state index is 0.302. The fraction of sp³-hybridized carbons (Fsp3) is 0.227. The summed E-state index contributed by atoms with van der Waals surface area (Å²) in [5.41, 5.74) is 3.34. The Labute approximate surface area is 174 Å². The van der Waals surface area contributed by atoms with Crippen LogP contribution in [0.5, 0.6) is 0 Å². The number of amides is 1. The number of aromatic nitrogens is 2. The summed E-state index contributed by atoms with van der Waals surface area (Å²) in [4.78, 5) is 26.4. The van der Waals surface area contributed by atoms with Gasteiger partial charge in [0.25, 0.3) is 5.91 Å². The molecule has 1 heterocycles. The van der Waals surface area contributed by atoms with E-state index >= 15 is 0 Å². The first kappa shape index (κ1) is 20.6. The van der Waals surface area contributed by atoms with Crippen molar-refractivity contribution in [3.63, 3.8) is 0 Å². The quantitative estimate of drug-likeness (QED) is 0.576. The van der Waals surface area contributed by atoms with Crippen molar-refractivity contribution in [2.45, 2.75) is 20.4 Å². The van der Waals surface area contributed by atoms with Crippen LogP contribution in [-0.4, -0.2) is 40.2 Å². The molecular weight excluding hydrogens is 390 g/mol. The van der Waals surface area contributed by atoms with Crippen LogP contribution in [0.25, 0.3) is 5.69 Å². The maximum atomic E-state index is 12.6. The summed E-state index contributed by atoms with van der Waals surface area (Å²) in [5.74, 6) is -0.865. The van der Waals surface area contributed by atoms with E-state index in [2.05, 4.69) is 5.10 Å². The summed E-state index contributed by atoms with van der Waals surface area (Å²) >= 11 is 5.97. The van der Waals surface area contributed by atoms with Gasteiger partial charge in [-0.3, -0.25) is 4.79 Å². The van der Waals surface area contributed by atoms with Crippen molar-refractivity contribution in [1.82, 2.24) is 14.7 Å². The van der Waals surface area contributed by atoms with E-state index in [1.807, 2.05) is 42.5 Å². The summed E-state index contributed by atoms with van der Waals surface area (Å²) in [7, 11) is 1.65. The molecule has 6 nitrogen and oxygen atoms in total. The van der Waals surface area contributed by atoms with Crippen LogP contribution in [0.3, 0.4) is 0 Å². The first-order valence-corrected chi connectivity index (χ1v) is 9.52. The highest BCUT2D eigenvalue weighted by molar-refractivity contribution is 6.30. The van der Waals surface area contributed by atoms with E-state index in [9.17, 15) is 9.59 Å². The smallest absolute Gasteiger partial charge is 0.342 e. The summed E-state index contributed by atoms with van der Waals surface area (Å²) in [5, 5.41) is 5.04. The first-order chi connectivity index (χ1) is 13.9. The maximum Gasteiger partial charge on any atom is 0.342 e. The molecule has 7 heteroatoms. The Morgan fingerprint density at radius 2 is 1.83 bits per heavy atom. The molecule has 0 aliphatic carbocycles. The molecular formula is C22H22ClN3O3. The largest absolute Gasteiger partial charge is 0.452 e. The predicted octanol–water partition coefficient (Wildman–Crippen LogP) is 3.96. The molecule has 3 rings (SSSR count). The zero-order valence-corrected chi connectivity index (χ0v) is 17.3. The molecule has 1 amide bonds. The van der Waals surface area contributed by atoms with Crippen molar-refractivity contribution in [3.8, 4) is 5.69 Å². The Hall–Kier alpha value is -3.12. The normalized spacial score (nSPS) is 10.6. The molecule has 2 aromatic carbocycles. The van der Waals surface area contributed by atoms with Gasteiger partial charge >= 0.3 is 5.97 Å². The molecule has 0 radical (unpaired) electrons. The van der Waals surface area contributed by atoms with E-state index in [0.717, 1.165) is 11.3 Å². The van der Waals surface area contributed by atoms with Crippen LogP contribution < -0.4 is 0 Å². The minimum Gasteiger partial charge on any atom is -0.452 e. The number of hydrogen-bond donors (Lipinski definition) is 0. The van der Waals surface area contributed by atoms with Crippen molar-refractivity contribution >= 4 is 23.5 Å². The van der Waals surface area contributed by atoms with Crippen molar-refractivity contribution in [2.75, 3.05) is 13.7 Å². The molecule has 0 saturated carbocycles. The van der Waals surface area contributed by atoms with Crippen LogP contribution >= 0.6 is 11.6 Å². The van der Waals surface area contributed by atoms with Gasteiger partial charge in [-0.1, -0.05) is 41.9 Å². The van der Waals surface area contributed by atoms with E-state index in [0.29, 0.717) is 28.5 Å². The lowest BCUT2D eigenvalue weighted by Gasteiger charge is -2.17. The number of halogens is 1. The van der Waals surface area contributed by atoms with Crippen LogP contribution in [0.4, 0.5) is 0 Å². The number of aryl methyl sites for hydroxylation is 1. The van der Waals surface area contributed by atoms with Crippen molar-refractivity contribution in [3.05, 3.63) is 82.1 Å². The molecule has 1 aromatic heterocycles. The third-order valence-corrected chi connectivity index (χ3v) is 4.79. The van der Waals surface area contributed by atoms with Gasteiger partial charge in [0.05, 0.1) is 17.1 Å². The monoisotopic (exact) mass is 411 g/mol. The second-order valence-electron chi connectivity index (χ2n) is 6.75. The van der Waals surface area contributed by atoms with Crippen LogP contribution in [0.1, 0.15) is 27.3 Å². The topological polar surface area (TPSA) is 64.4 Å². The zero-order valence-electron chi connectivity index (χ0n) is 16.6. The molecule has 0 saturated heterocycles. The number of hydrogen-bond acceptors (Lipinski definition) is 4. The number of nitrogens with zero attached hydrogens (tertiary/aromatic N) is 3. The van der Waals surface area contributed by atoms with E-state index in [1.165, 1.54) is 4.90 Å². The average molecular weight is 412 g/mol. The second kappa shape index (κ2) is 8.92. The maximum absolute atomic E-state index is 12.6.